The minimum absolute atomic E-state index is 0.0640. The summed E-state index contributed by atoms with van der Waals surface area (Å²) in [6.45, 7) is 19.1. The highest BCUT2D eigenvalue weighted by molar-refractivity contribution is 5.61. The summed E-state index contributed by atoms with van der Waals surface area (Å²) in [6, 6.07) is 48.5. The molecule has 5 aromatic carbocycles. The molecule has 0 atom stereocenters. The lowest BCUT2D eigenvalue weighted by molar-refractivity contribution is 0.534. The van der Waals surface area contributed by atoms with Gasteiger partial charge in [0.15, 0.2) is 0 Å². The van der Waals surface area contributed by atoms with Gasteiger partial charge in [0.25, 0.3) is 0 Å². The van der Waals surface area contributed by atoms with Crippen molar-refractivity contribution in [3.63, 3.8) is 0 Å². The van der Waals surface area contributed by atoms with Gasteiger partial charge in [0.05, 0.1) is 0 Å². The smallest absolute Gasteiger partial charge is 0.0349 e. The van der Waals surface area contributed by atoms with Gasteiger partial charge < -0.3 is 0 Å². The molecule has 1 radical (unpaired) electrons. The van der Waals surface area contributed by atoms with Crippen LogP contribution in [0.5, 0.6) is 0 Å². The highest BCUT2D eigenvalue weighted by Crippen LogP contribution is 2.49. The van der Waals surface area contributed by atoms with Crippen LogP contribution >= 0.6 is 0 Å². The minimum Gasteiger partial charge on any atom is -0.0622 e. The summed E-state index contributed by atoms with van der Waals surface area (Å²) in [5.74, 6) is 0.470. The van der Waals surface area contributed by atoms with Crippen LogP contribution in [0.3, 0.4) is 0 Å². The highest BCUT2D eigenvalue weighted by Gasteiger charge is 2.37. The summed E-state index contributed by atoms with van der Waals surface area (Å²) in [5, 5.41) is 0. The van der Waals surface area contributed by atoms with Crippen LogP contribution in [0.1, 0.15) is 123 Å². The maximum absolute atomic E-state index is 4.28. The van der Waals surface area contributed by atoms with Crippen LogP contribution in [0.4, 0.5) is 0 Å². The van der Waals surface area contributed by atoms with Gasteiger partial charge in [-0.25, -0.2) is 0 Å². The molecular weight excluding hydrogens is 516 g/mol. The summed E-state index contributed by atoms with van der Waals surface area (Å²) in [6.07, 6.45) is 0. The Morgan fingerprint density at radius 1 is 0.419 bits per heavy atom. The van der Waals surface area contributed by atoms with Crippen molar-refractivity contribution >= 4 is 0 Å². The van der Waals surface area contributed by atoms with E-state index in [0.29, 0.717) is 5.92 Å². The maximum Gasteiger partial charge on any atom is 0.0349 e. The Balaban J connectivity index is 2.00. The fourth-order valence-corrected chi connectivity index (χ4v) is 6.95. The molecule has 5 aromatic rings. The summed E-state index contributed by atoms with van der Waals surface area (Å²) in [7, 11) is 0. The first-order valence-corrected chi connectivity index (χ1v) is 15.8. The van der Waals surface area contributed by atoms with E-state index in [1.165, 1.54) is 50.1 Å². The summed E-state index contributed by atoms with van der Waals surface area (Å²) < 4.78 is 0. The molecule has 0 aliphatic heterocycles. The lowest BCUT2D eigenvalue weighted by atomic mass is 9.64. The van der Waals surface area contributed by atoms with Crippen molar-refractivity contribution in [2.75, 3.05) is 0 Å². The molecule has 219 valence electrons. The average Bonchev–Trinajstić information content (AvgIpc) is 2.98. The first-order valence-electron chi connectivity index (χ1n) is 15.8. The molecule has 0 heteroatoms. The Labute approximate surface area is 260 Å². The molecular formula is C43H47. The molecule has 0 unspecified atom stereocenters. The van der Waals surface area contributed by atoms with Crippen LogP contribution < -0.4 is 0 Å². The highest BCUT2D eigenvalue weighted by atomic mass is 14.4. The predicted molar refractivity (Wildman–Crippen MR) is 184 cm³/mol. The number of hydrogen-bond donors (Lipinski definition) is 0. The van der Waals surface area contributed by atoms with Crippen LogP contribution in [-0.4, -0.2) is 0 Å². The van der Waals surface area contributed by atoms with E-state index < -0.39 is 0 Å². The second-order valence-corrected chi connectivity index (χ2v) is 14.3. The summed E-state index contributed by atoms with van der Waals surface area (Å²) in [4.78, 5) is 0. The molecule has 0 fully saturated rings. The third-order valence-electron chi connectivity index (χ3n) is 8.53. The normalized spacial score (nSPS) is 12.3. The largest absolute Gasteiger partial charge is 0.0622 e. The van der Waals surface area contributed by atoms with E-state index in [4.69, 9.17) is 0 Å². The first-order chi connectivity index (χ1) is 20.5. The van der Waals surface area contributed by atoms with Crippen LogP contribution in [0.2, 0.25) is 0 Å². The Morgan fingerprint density at radius 3 is 0.884 bits per heavy atom. The molecule has 0 aliphatic rings. The molecule has 0 aromatic heterocycles. The van der Waals surface area contributed by atoms with Gasteiger partial charge in [-0.1, -0.05) is 177 Å². The van der Waals surface area contributed by atoms with Crippen molar-refractivity contribution in [3.05, 3.63) is 177 Å². The second kappa shape index (κ2) is 12.4. The van der Waals surface area contributed by atoms with Gasteiger partial charge in [-0.3, -0.25) is 0 Å². The number of rotatable bonds is 7. The quantitative estimate of drug-likeness (QED) is 0.173. The van der Waals surface area contributed by atoms with Crippen LogP contribution in [0, 0.1) is 6.07 Å². The second-order valence-electron chi connectivity index (χ2n) is 14.3. The molecule has 0 spiro atoms. The van der Waals surface area contributed by atoms with Gasteiger partial charge in [0.1, 0.15) is 0 Å². The summed E-state index contributed by atoms with van der Waals surface area (Å²) >= 11 is 0. The molecule has 0 N–H and O–H groups in total. The lowest BCUT2D eigenvalue weighted by Crippen LogP contribution is -2.28. The van der Waals surface area contributed by atoms with Gasteiger partial charge in [-0.05, 0) is 72.9 Å². The van der Waals surface area contributed by atoms with E-state index >= 15 is 0 Å². The zero-order valence-corrected chi connectivity index (χ0v) is 27.3. The van der Waals surface area contributed by atoms with Gasteiger partial charge in [0.2, 0.25) is 0 Å². The Kier molecular flexibility index (Phi) is 8.79. The SMILES string of the molecule is CC(C)c1c(C(C)(C)C)c(C(c2ccccc2)c2ccccc2)[c]c(C(c2ccccc2)c2ccccc2)c1C(C)(C)C. The lowest BCUT2D eigenvalue weighted by Gasteiger charge is -2.39. The van der Waals surface area contributed by atoms with E-state index in [-0.39, 0.29) is 22.7 Å². The van der Waals surface area contributed by atoms with Crippen LogP contribution in [0.25, 0.3) is 0 Å². The fraction of sp³-hybridized carbons (Fsp3) is 0.302. The minimum atomic E-state index is -0.0826. The Hall–Kier alpha value is -3.90. The monoisotopic (exact) mass is 563 g/mol. The van der Waals surface area contributed by atoms with E-state index in [2.05, 4.69) is 183 Å². The third kappa shape index (κ3) is 6.40. The zero-order valence-electron chi connectivity index (χ0n) is 27.3. The van der Waals surface area contributed by atoms with Crippen LogP contribution in [0.15, 0.2) is 121 Å². The number of benzene rings is 5. The third-order valence-corrected chi connectivity index (χ3v) is 8.53. The molecule has 5 rings (SSSR count). The predicted octanol–water partition coefficient (Wildman–Crippen LogP) is 11.6. The molecule has 0 nitrogen and oxygen atoms in total. The molecule has 0 amide bonds. The molecule has 0 heterocycles. The zero-order chi connectivity index (χ0) is 30.8. The van der Waals surface area contributed by atoms with Gasteiger partial charge in [-0.15, -0.1) is 0 Å². The van der Waals surface area contributed by atoms with E-state index in [9.17, 15) is 0 Å². The topological polar surface area (TPSA) is 0 Å². The van der Waals surface area contributed by atoms with E-state index in [1.54, 1.807) is 0 Å². The fourth-order valence-electron chi connectivity index (χ4n) is 6.95. The maximum atomic E-state index is 4.28. The van der Waals surface area contributed by atoms with Crippen molar-refractivity contribution in [1.82, 2.24) is 0 Å². The van der Waals surface area contributed by atoms with Gasteiger partial charge >= 0.3 is 0 Å². The molecule has 0 saturated carbocycles. The van der Waals surface area contributed by atoms with Crippen molar-refractivity contribution in [3.8, 4) is 0 Å². The molecule has 43 heavy (non-hydrogen) atoms. The van der Waals surface area contributed by atoms with Crippen molar-refractivity contribution in [2.45, 2.75) is 84.0 Å². The molecule has 0 aliphatic carbocycles. The van der Waals surface area contributed by atoms with Gasteiger partial charge in [-0.2, -0.15) is 0 Å². The standard InChI is InChI=1S/C43H47/c1-30(2)37-40(42(3,4)5)35(38(31-21-13-9-14-22-31)32-23-15-10-16-24-32)29-36(41(37)43(6,7)8)39(33-25-17-11-18-26-33)34-27-19-12-20-28-34/h9-28,30,38-39H,1-8H3. The molecule has 0 bridgehead atoms. The van der Waals surface area contributed by atoms with Crippen molar-refractivity contribution < 1.29 is 0 Å². The van der Waals surface area contributed by atoms with E-state index in [0.717, 1.165) is 0 Å². The number of hydrogen-bond acceptors (Lipinski definition) is 0. The van der Waals surface area contributed by atoms with Crippen LogP contribution in [-0.2, 0) is 10.8 Å². The average molecular weight is 564 g/mol. The van der Waals surface area contributed by atoms with Crippen molar-refractivity contribution in [1.29, 1.82) is 0 Å². The van der Waals surface area contributed by atoms with Crippen molar-refractivity contribution in [2.24, 2.45) is 0 Å². The molecule has 0 saturated heterocycles. The Morgan fingerprint density at radius 2 is 0.674 bits per heavy atom. The first kappa shape index (κ1) is 30.6. The Bertz CT molecular complexity index is 1420. The van der Waals surface area contributed by atoms with E-state index in [1.807, 2.05) is 0 Å². The van der Waals surface area contributed by atoms with Gasteiger partial charge in [0, 0.05) is 11.8 Å². The summed E-state index contributed by atoms with van der Waals surface area (Å²) in [5.41, 5.74) is 12.0.